The van der Waals surface area contributed by atoms with Gasteiger partial charge in [0.2, 0.25) is 0 Å². The first kappa shape index (κ1) is 14.8. The molecule has 2 rings (SSSR count). The Bertz CT molecular complexity index is 701. The Labute approximate surface area is 127 Å². The molecule has 0 aliphatic heterocycles. The summed E-state index contributed by atoms with van der Waals surface area (Å²) in [7, 11) is 0. The van der Waals surface area contributed by atoms with E-state index >= 15 is 0 Å². The molecule has 8 heteroatoms. The minimum Gasteiger partial charge on any atom is -0.457 e. The van der Waals surface area contributed by atoms with Crippen molar-refractivity contribution in [3.63, 3.8) is 0 Å². The lowest BCUT2D eigenvalue weighted by atomic mass is 10.2. The summed E-state index contributed by atoms with van der Waals surface area (Å²) in [6.45, 7) is 0. The number of amidine groups is 1. The summed E-state index contributed by atoms with van der Waals surface area (Å²) in [6, 6.07) is 10.8. The highest BCUT2D eigenvalue weighted by atomic mass is 79.9. The van der Waals surface area contributed by atoms with Crippen molar-refractivity contribution in [3.8, 4) is 11.5 Å². The van der Waals surface area contributed by atoms with Crippen molar-refractivity contribution in [2.45, 2.75) is 0 Å². The van der Waals surface area contributed by atoms with Crippen LogP contribution in [0.25, 0.3) is 0 Å². The number of nitrogens with two attached hydrogens (primary N) is 1. The van der Waals surface area contributed by atoms with Crippen LogP contribution in [0.1, 0.15) is 5.56 Å². The quantitative estimate of drug-likeness (QED) is 0.288. The molecule has 0 atom stereocenters. The van der Waals surface area contributed by atoms with Crippen LogP contribution in [-0.2, 0) is 0 Å². The van der Waals surface area contributed by atoms with Gasteiger partial charge in [0, 0.05) is 16.1 Å². The van der Waals surface area contributed by atoms with Gasteiger partial charge < -0.3 is 15.7 Å². The standard InChI is InChI=1S/C13H10BrN3O4/c14-9-5-10(17(19)20)7-12(6-9)21-11-3-1-8(2-4-11)13(15)16-18/h1-7,18H,(H2,15,16). The van der Waals surface area contributed by atoms with E-state index in [0.717, 1.165) is 0 Å². The van der Waals surface area contributed by atoms with E-state index in [1.165, 1.54) is 12.1 Å². The van der Waals surface area contributed by atoms with Gasteiger partial charge in [-0.1, -0.05) is 21.1 Å². The number of halogens is 1. The molecule has 0 fully saturated rings. The summed E-state index contributed by atoms with van der Waals surface area (Å²) >= 11 is 3.19. The monoisotopic (exact) mass is 351 g/mol. The van der Waals surface area contributed by atoms with Crippen molar-refractivity contribution < 1.29 is 14.9 Å². The lowest BCUT2D eigenvalue weighted by molar-refractivity contribution is -0.385. The average molecular weight is 352 g/mol. The summed E-state index contributed by atoms with van der Waals surface area (Å²) in [5.74, 6) is 0.782. The molecular weight excluding hydrogens is 342 g/mol. The zero-order valence-electron chi connectivity index (χ0n) is 10.6. The topological polar surface area (TPSA) is 111 Å². The molecule has 0 radical (unpaired) electrons. The molecule has 2 aromatic rings. The van der Waals surface area contributed by atoms with E-state index in [0.29, 0.717) is 21.5 Å². The van der Waals surface area contributed by atoms with Gasteiger partial charge in [0.25, 0.3) is 5.69 Å². The van der Waals surface area contributed by atoms with Crippen LogP contribution < -0.4 is 10.5 Å². The maximum Gasteiger partial charge on any atom is 0.274 e. The van der Waals surface area contributed by atoms with Crippen LogP contribution in [0.2, 0.25) is 0 Å². The van der Waals surface area contributed by atoms with Crippen molar-refractivity contribution in [2.75, 3.05) is 0 Å². The highest BCUT2D eigenvalue weighted by molar-refractivity contribution is 9.10. The number of non-ortho nitro benzene ring substituents is 1. The number of nitrogens with zero attached hydrogens (tertiary/aromatic N) is 2. The van der Waals surface area contributed by atoms with Crippen LogP contribution in [0.5, 0.6) is 11.5 Å². The Morgan fingerprint density at radius 1 is 1.24 bits per heavy atom. The van der Waals surface area contributed by atoms with Crippen LogP contribution in [-0.4, -0.2) is 16.0 Å². The fourth-order valence-corrected chi connectivity index (χ4v) is 2.06. The lowest BCUT2D eigenvalue weighted by Crippen LogP contribution is -2.12. The van der Waals surface area contributed by atoms with Crippen molar-refractivity contribution >= 4 is 27.5 Å². The molecule has 2 aromatic carbocycles. The Balaban J connectivity index is 2.24. The van der Waals surface area contributed by atoms with Gasteiger partial charge in [-0.3, -0.25) is 10.1 Å². The zero-order valence-corrected chi connectivity index (χ0v) is 12.1. The van der Waals surface area contributed by atoms with Crippen molar-refractivity contribution in [2.24, 2.45) is 10.9 Å². The molecule has 0 unspecified atom stereocenters. The maximum absolute atomic E-state index is 10.8. The van der Waals surface area contributed by atoms with Gasteiger partial charge >= 0.3 is 0 Å². The van der Waals surface area contributed by atoms with E-state index < -0.39 is 4.92 Å². The molecule has 0 amide bonds. The van der Waals surface area contributed by atoms with Gasteiger partial charge in [-0.05, 0) is 30.3 Å². The van der Waals surface area contributed by atoms with Gasteiger partial charge in [0.05, 0.1) is 11.0 Å². The third-order valence-corrected chi connectivity index (χ3v) is 3.02. The number of nitro groups is 1. The maximum atomic E-state index is 10.8. The second-order valence-electron chi connectivity index (χ2n) is 4.01. The van der Waals surface area contributed by atoms with Gasteiger partial charge in [-0.25, -0.2) is 0 Å². The summed E-state index contributed by atoms with van der Waals surface area (Å²) in [4.78, 5) is 10.3. The highest BCUT2D eigenvalue weighted by Crippen LogP contribution is 2.29. The Kier molecular flexibility index (Phi) is 4.39. The summed E-state index contributed by atoms with van der Waals surface area (Å²) < 4.78 is 6.08. The zero-order chi connectivity index (χ0) is 15.4. The first-order chi connectivity index (χ1) is 9.99. The van der Waals surface area contributed by atoms with E-state index in [1.807, 2.05) is 0 Å². The third kappa shape index (κ3) is 3.69. The number of oxime groups is 1. The molecule has 7 nitrogen and oxygen atoms in total. The third-order valence-electron chi connectivity index (χ3n) is 2.56. The molecular formula is C13H10BrN3O4. The smallest absolute Gasteiger partial charge is 0.274 e. The second kappa shape index (κ2) is 6.23. The van der Waals surface area contributed by atoms with Crippen molar-refractivity contribution in [1.82, 2.24) is 0 Å². The van der Waals surface area contributed by atoms with Crippen LogP contribution in [0.15, 0.2) is 52.1 Å². The Morgan fingerprint density at radius 3 is 2.48 bits per heavy atom. The predicted molar refractivity (Wildman–Crippen MR) is 79.8 cm³/mol. The van der Waals surface area contributed by atoms with E-state index in [2.05, 4.69) is 21.1 Å². The normalized spacial score (nSPS) is 11.2. The SMILES string of the molecule is N/C(=N/O)c1ccc(Oc2cc(Br)cc([N+](=O)[O-])c2)cc1. The molecule has 108 valence electrons. The van der Waals surface area contributed by atoms with Crippen LogP contribution >= 0.6 is 15.9 Å². The first-order valence-corrected chi connectivity index (χ1v) is 6.49. The first-order valence-electron chi connectivity index (χ1n) is 5.70. The van der Waals surface area contributed by atoms with Crippen LogP contribution in [0.4, 0.5) is 5.69 Å². The fraction of sp³-hybridized carbons (Fsp3) is 0. The largest absolute Gasteiger partial charge is 0.457 e. The van der Waals surface area contributed by atoms with E-state index in [1.54, 1.807) is 30.3 Å². The van der Waals surface area contributed by atoms with Gasteiger partial charge in [0.1, 0.15) is 11.5 Å². The second-order valence-corrected chi connectivity index (χ2v) is 4.93. The fourth-order valence-electron chi connectivity index (χ4n) is 1.60. The molecule has 0 aliphatic carbocycles. The molecule has 0 aliphatic rings. The summed E-state index contributed by atoms with van der Waals surface area (Å²) in [5, 5.41) is 22.2. The number of hydrogen-bond acceptors (Lipinski definition) is 5. The molecule has 0 saturated carbocycles. The number of rotatable bonds is 4. The number of benzene rings is 2. The number of nitro benzene ring substituents is 1. The minimum absolute atomic E-state index is 0.0142. The molecule has 0 spiro atoms. The molecule has 0 aromatic heterocycles. The predicted octanol–water partition coefficient (Wildman–Crippen LogP) is 3.24. The number of ether oxygens (including phenoxy) is 1. The Hall–Kier alpha value is -2.61. The van der Waals surface area contributed by atoms with Gasteiger partial charge in [-0.2, -0.15) is 0 Å². The van der Waals surface area contributed by atoms with Crippen LogP contribution in [0, 0.1) is 10.1 Å². The molecule has 3 N–H and O–H groups in total. The van der Waals surface area contributed by atoms with Crippen LogP contribution in [0.3, 0.4) is 0 Å². The van der Waals surface area contributed by atoms with Gasteiger partial charge in [-0.15, -0.1) is 0 Å². The van der Waals surface area contributed by atoms with E-state index in [-0.39, 0.29) is 11.5 Å². The Morgan fingerprint density at radius 2 is 1.90 bits per heavy atom. The van der Waals surface area contributed by atoms with Gasteiger partial charge in [0.15, 0.2) is 5.84 Å². The molecule has 0 bridgehead atoms. The molecule has 0 heterocycles. The lowest BCUT2D eigenvalue weighted by Gasteiger charge is -2.07. The summed E-state index contributed by atoms with van der Waals surface area (Å²) in [6.07, 6.45) is 0. The average Bonchev–Trinajstić information content (AvgIpc) is 2.46. The number of hydrogen-bond donors (Lipinski definition) is 2. The molecule has 0 saturated heterocycles. The van der Waals surface area contributed by atoms with Crippen molar-refractivity contribution in [3.05, 3.63) is 62.6 Å². The molecule has 21 heavy (non-hydrogen) atoms. The summed E-state index contributed by atoms with van der Waals surface area (Å²) in [5.41, 5.74) is 5.90. The van der Waals surface area contributed by atoms with Crippen molar-refractivity contribution in [1.29, 1.82) is 0 Å². The van der Waals surface area contributed by atoms with E-state index in [4.69, 9.17) is 15.7 Å². The highest BCUT2D eigenvalue weighted by Gasteiger charge is 2.10. The minimum atomic E-state index is -0.501. The van der Waals surface area contributed by atoms with E-state index in [9.17, 15) is 10.1 Å².